The Morgan fingerprint density at radius 2 is 2.07 bits per heavy atom. The number of fused-ring (bicyclic) bond motifs is 1. The second-order valence-corrected chi connectivity index (χ2v) is 3.83. The largest absolute Gasteiger partial charge is 0.459 e. The van der Waals surface area contributed by atoms with E-state index in [4.69, 9.17) is 21.8 Å². The number of benzene rings is 1. The number of halogens is 1. The maximum absolute atomic E-state index is 6.10. The molecule has 2 aromatic rings. The van der Waals surface area contributed by atoms with Crippen LogP contribution in [0.25, 0.3) is 11.0 Å². The molecular weight excluding hydrogens is 198 g/mol. The van der Waals surface area contributed by atoms with Crippen LogP contribution >= 0.6 is 11.6 Å². The smallest absolute Gasteiger partial charge is 0.139 e. The van der Waals surface area contributed by atoms with Crippen LogP contribution in [-0.4, -0.2) is 0 Å². The Morgan fingerprint density at radius 1 is 1.36 bits per heavy atom. The number of hydrogen-bond donors (Lipinski definition) is 1. The van der Waals surface area contributed by atoms with Gasteiger partial charge in [0.25, 0.3) is 0 Å². The zero-order valence-corrected chi connectivity index (χ0v) is 8.98. The number of nitrogens with two attached hydrogens (primary N) is 1. The van der Waals surface area contributed by atoms with Crippen LogP contribution in [0.3, 0.4) is 0 Å². The van der Waals surface area contributed by atoms with Crippen molar-refractivity contribution >= 4 is 22.6 Å². The molecule has 0 radical (unpaired) electrons. The highest BCUT2D eigenvalue weighted by Crippen LogP contribution is 2.33. The molecule has 0 spiro atoms. The minimum atomic E-state index is 0.413. The van der Waals surface area contributed by atoms with E-state index in [1.165, 1.54) is 0 Å². The molecule has 2 nitrogen and oxygen atoms in total. The van der Waals surface area contributed by atoms with Crippen molar-refractivity contribution in [3.8, 4) is 0 Å². The van der Waals surface area contributed by atoms with E-state index in [1.54, 1.807) is 0 Å². The first kappa shape index (κ1) is 9.56. The normalized spacial score (nSPS) is 11.1. The van der Waals surface area contributed by atoms with Gasteiger partial charge in [-0.3, -0.25) is 0 Å². The zero-order valence-electron chi connectivity index (χ0n) is 8.23. The molecule has 2 rings (SSSR count). The van der Waals surface area contributed by atoms with E-state index in [1.807, 2.05) is 26.0 Å². The zero-order chi connectivity index (χ0) is 10.3. The lowest BCUT2D eigenvalue weighted by Crippen LogP contribution is -1.95. The van der Waals surface area contributed by atoms with Gasteiger partial charge in [0.2, 0.25) is 0 Å². The van der Waals surface area contributed by atoms with Crippen molar-refractivity contribution in [1.82, 2.24) is 0 Å². The van der Waals surface area contributed by atoms with Crippen molar-refractivity contribution in [3.05, 3.63) is 34.0 Å². The van der Waals surface area contributed by atoms with E-state index in [0.717, 1.165) is 32.9 Å². The van der Waals surface area contributed by atoms with Gasteiger partial charge in [0, 0.05) is 10.9 Å². The van der Waals surface area contributed by atoms with Crippen LogP contribution in [-0.2, 0) is 6.54 Å². The van der Waals surface area contributed by atoms with Crippen molar-refractivity contribution in [2.75, 3.05) is 0 Å². The van der Waals surface area contributed by atoms with E-state index in [9.17, 15) is 0 Å². The Labute approximate surface area is 87.6 Å². The van der Waals surface area contributed by atoms with E-state index < -0.39 is 0 Å². The monoisotopic (exact) mass is 209 g/mol. The molecule has 0 bridgehead atoms. The fraction of sp³-hybridized carbons (Fsp3) is 0.273. The summed E-state index contributed by atoms with van der Waals surface area (Å²) in [6.07, 6.45) is 0. The van der Waals surface area contributed by atoms with Crippen LogP contribution < -0.4 is 5.73 Å². The fourth-order valence-corrected chi connectivity index (χ4v) is 1.97. The van der Waals surface area contributed by atoms with Gasteiger partial charge in [-0.15, -0.1) is 0 Å². The third kappa shape index (κ3) is 1.22. The number of rotatable bonds is 1. The van der Waals surface area contributed by atoms with Crippen molar-refractivity contribution in [1.29, 1.82) is 0 Å². The molecule has 1 heterocycles. The first-order valence-corrected chi connectivity index (χ1v) is 4.90. The summed E-state index contributed by atoms with van der Waals surface area (Å²) >= 11 is 6.10. The maximum atomic E-state index is 6.10. The van der Waals surface area contributed by atoms with E-state index >= 15 is 0 Å². The van der Waals surface area contributed by atoms with Gasteiger partial charge in [-0.1, -0.05) is 17.7 Å². The number of hydrogen-bond acceptors (Lipinski definition) is 2. The average molecular weight is 210 g/mol. The second-order valence-electron chi connectivity index (χ2n) is 3.42. The standard InChI is InChI=1S/C11H12ClNO/c1-6-3-4-8(12)10-7(2)9(5-13)14-11(6)10/h3-4H,5,13H2,1-2H3. The summed E-state index contributed by atoms with van der Waals surface area (Å²) in [6, 6.07) is 3.84. The first-order chi connectivity index (χ1) is 6.65. The van der Waals surface area contributed by atoms with Crippen LogP contribution in [0.5, 0.6) is 0 Å². The van der Waals surface area contributed by atoms with Crippen LogP contribution in [0.2, 0.25) is 5.02 Å². The molecule has 2 N–H and O–H groups in total. The summed E-state index contributed by atoms with van der Waals surface area (Å²) in [5.41, 5.74) is 8.58. The molecule has 1 aromatic heterocycles. The highest BCUT2D eigenvalue weighted by Gasteiger charge is 2.13. The third-order valence-corrected chi connectivity index (χ3v) is 2.82. The predicted octanol–water partition coefficient (Wildman–Crippen LogP) is 3.16. The van der Waals surface area contributed by atoms with Gasteiger partial charge >= 0.3 is 0 Å². The lowest BCUT2D eigenvalue weighted by atomic mass is 10.1. The Bertz CT molecular complexity index is 487. The molecule has 14 heavy (non-hydrogen) atoms. The van der Waals surface area contributed by atoms with Gasteiger partial charge in [-0.05, 0) is 25.5 Å². The Balaban J connectivity index is 2.90. The lowest BCUT2D eigenvalue weighted by Gasteiger charge is -1.96. The van der Waals surface area contributed by atoms with E-state index in [2.05, 4.69) is 0 Å². The van der Waals surface area contributed by atoms with Gasteiger partial charge in [-0.25, -0.2) is 0 Å². The summed E-state index contributed by atoms with van der Waals surface area (Å²) in [5, 5.41) is 1.72. The summed E-state index contributed by atoms with van der Waals surface area (Å²) in [5.74, 6) is 0.816. The Morgan fingerprint density at radius 3 is 2.64 bits per heavy atom. The summed E-state index contributed by atoms with van der Waals surface area (Å²) < 4.78 is 5.65. The van der Waals surface area contributed by atoms with Crippen LogP contribution in [0, 0.1) is 13.8 Å². The van der Waals surface area contributed by atoms with Crippen molar-refractivity contribution in [3.63, 3.8) is 0 Å². The predicted molar refractivity (Wildman–Crippen MR) is 58.6 cm³/mol. The van der Waals surface area contributed by atoms with Gasteiger partial charge in [0.05, 0.1) is 11.6 Å². The Hall–Kier alpha value is -0.990. The van der Waals surface area contributed by atoms with Gasteiger partial charge < -0.3 is 10.2 Å². The highest BCUT2D eigenvalue weighted by atomic mass is 35.5. The van der Waals surface area contributed by atoms with Gasteiger partial charge in [-0.2, -0.15) is 0 Å². The molecule has 0 fully saturated rings. The average Bonchev–Trinajstić information content (AvgIpc) is 2.51. The molecule has 0 saturated heterocycles. The molecule has 0 aliphatic rings. The van der Waals surface area contributed by atoms with Gasteiger partial charge in [0.1, 0.15) is 11.3 Å². The minimum Gasteiger partial charge on any atom is -0.459 e. The third-order valence-electron chi connectivity index (χ3n) is 2.51. The van der Waals surface area contributed by atoms with Crippen LogP contribution in [0.15, 0.2) is 16.5 Å². The molecule has 0 aliphatic carbocycles. The lowest BCUT2D eigenvalue weighted by molar-refractivity contribution is 0.547. The molecule has 0 amide bonds. The molecule has 0 atom stereocenters. The second kappa shape index (κ2) is 3.30. The number of aryl methyl sites for hydroxylation is 2. The SMILES string of the molecule is Cc1ccc(Cl)c2c(C)c(CN)oc12. The first-order valence-electron chi connectivity index (χ1n) is 4.52. The highest BCUT2D eigenvalue weighted by molar-refractivity contribution is 6.35. The maximum Gasteiger partial charge on any atom is 0.139 e. The van der Waals surface area contributed by atoms with Crippen LogP contribution in [0.4, 0.5) is 0 Å². The van der Waals surface area contributed by atoms with Crippen molar-refractivity contribution < 1.29 is 4.42 Å². The molecular formula is C11H12ClNO. The van der Waals surface area contributed by atoms with E-state index in [-0.39, 0.29) is 0 Å². The molecule has 0 unspecified atom stereocenters. The molecule has 0 saturated carbocycles. The van der Waals surface area contributed by atoms with E-state index in [0.29, 0.717) is 6.54 Å². The quantitative estimate of drug-likeness (QED) is 0.784. The summed E-state index contributed by atoms with van der Waals surface area (Å²) in [6.45, 7) is 4.40. The minimum absolute atomic E-state index is 0.413. The molecule has 3 heteroatoms. The molecule has 1 aromatic carbocycles. The Kier molecular flexibility index (Phi) is 2.25. The summed E-state index contributed by atoms with van der Waals surface area (Å²) in [4.78, 5) is 0. The topological polar surface area (TPSA) is 39.2 Å². The van der Waals surface area contributed by atoms with Crippen LogP contribution in [0.1, 0.15) is 16.9 Å². The van der Waals surface area contributed by atoms with Crippen molar-refractivity contribution in [2.24, 2.45) is 5.73 Å². The number of furan rings is 1. The molecule has 0 aliphatic heterocycles. The molecule has 74 valence electrons. The fourth-order valence-electron chi connectivity index (χ4n) is 1.68. The van der Waals surface area contributed by atoms with Crippen molar-refractivity contribution in [2.45, 2.75) is 20.4 Å². The summed E-state index contributed by atoms with van der Waals surface area (Å²) in [7, 11) is 0. The van der Waals surface area contributed by atoms with Gasteiger partial charge in [0.15, 0.2) is 0 Å².